The molecule has 1 aromatic heterocycles. The number of hydrogen-bond acceptors (Lipinski definition) is 6. The molecule has 194 valence electrons. The summed E-state index contributed by atoms with van der Waals surface area (Å²) >= 11 is 0. The first-order valence-corrected chi connectivity index (χ1v) is 13.3. The molecule has 2 aromatic rings. The van der Waals surface area contributed by atoms with Crippen molar-refractivity contribution in [2.75, 3.05) is 38.2 Å². The number of aromatic nitrogens is 1. The van der Waals surface area contributed by atoms with Gasteiger partial charge in [-0.3, -0.25) is 9.69 Å². The van der Waals surface area contributed by atoms with Crippen molar-refractivity contribution >= 4 is 11.8 Å². The zero-order chi connectivity index (χ0) is 24.9. The van der Waals surface area contributed by atoms with E-state index < -0.39 is 17.8 Å². The average Bonchev–Trinajstić information content (AvgIpc) is 3.57. The zero-order valence-electron chi connectivity index (χ0n) is 20.8. The Morgan fingerprint density at radius 2 is 2.17 bits per heavy atom. The zero-order valence-corrected chi connectivity index (χ0v) is 20.8. The maximum Gasteiger partial charge on any atom is 0.325 e. The Morgan fingerprint density at radius 3 is 3.00 bits per heavy atom. The van der Waals surface area contributed by atoms with Gasteiger partial charge in [-0.05, 0) is 86.3 Å². The molecule has 4 heterocycles. The number of benzene rings is 1. The first-order valence-electron chi connectivity index (χ1n) is 13.3. The van der Waals surface area contributed by atoms with Crippen molar-refractivity contribution in [3.05, 3.63) is 58.5 Å². The van der Waals surface area contributed by atoms with Crippen LogP contribution in [0.25, 0.3) is 0 Å². The van der Waals surface area contributed by atoms with Crippen LogP contribution in [-0.2, 0) is 27.1 Å². The molecule has 3 aliphatic rings. The van der Waals surface area contributed by atoms with Gasteiger partial charge >= 0.3 is 5.97 Å². The van der Waals surface area contributed by atoms with E-state index in [1.807, 2.05) is 4.90 Å². The molecule has 36 heavy (non-hydrogen) atoms. The van der Waals surface area contributed by atoms with Crippen molar-refractivity contribution in [3.8, 4) is 0 Å². The molecule has 0 spiro atoms. The van der Waals surface area contributed by atoms with Crippen LogP contribution in [0.5, 0.6) is 0 Å². The van der Waals surface area contributed by atoms with Gasteiger partial charge in [-0.1, -0.05) is 12.1 Å². The fourth-order valence-corrected chi connectivity index (χ4v) is 5.68. The molecule has 2 saturated heterocycles. The number of fused-ring (bicyclic) bond motifs is 1. The summed E-state index contributed by atoms with van der Waals surface area (Å²) in [6.07, 6.45) is 7.44. The van der Waals surface area contributed by atoms with Crippen molar-refractivity contribution in [3.63, 3.8) is 0 Å². The summed E-state index contributed by atoms with van der Waals surface area (Å²) < 4.78 is 26.1. The summed E-state index contributed by atoms with van der Waals surface area (Å²) in [7, 11) is 0. The Labute approximate surface area is 212 Å². The summed E-state index contributed by atoms with van der Waals surface area (Å²) in [5, 5.41) is 13.5. The van der Waals surface area contributed by atoms with E-state index >= 15 is 0 Å². The molecule has 5 rings (SSSR count). The van der Waals surface area contributed by atoms with Gasteiger partial charge in [-0.25, -0.2) is 9.37 Å². The molecule has 3 atom stereocenters. The number of aryl methyl sites for hydroxylation is 2. The standard InChI is InChI=1S/C28H36FN3O4/c29-20-9-11-23(25-7-4-16-36-25)24(17-20)26(28(33)34)32-14-12-22(18-32)35-15-2-1-6-21-10-8-19-5-3-13-30-27(19)31-21/h8-11,17,22,25-26H,1-7,12-16,18H2,(H,30,31)(H,33,34)/t22-,25+,26-/m1/s1. The number of unbranched alkanes of at least 4 members (excludes halogenated alkanes) is 1. The molecule has 8 heteroatoms. The van der Waals surface area contributed by atoms with Gasteiger partial charge in [-0.15, -0.1) is 0 Å². The highest BCUT2D eigenvalue weighted by molar-refractivity contribution is 5.76. The number of carboxylic acid groups (broad SMARTS) is 1. The third-order valence-corrected chi connectivity index (χ3v) is 7.53. The minimum atomic E-state index is -0.965. The van der Waals surface area contributed by atoms with Crippen molar-refractivity contribution in [1.82, 2.24) is 9.88 Å². The van der Waals surface area contributed by atoms with Crippen LogP contribution >= 0.6 is 0 Å². The van der Waals surface area contributed by atoms with Crippen molar-refractivity contribution < 1.29 is 23.8 Å². The first-order chi connectivity index (χ1) is 17.6. The van der Waals surface area contributed by atoms with Gasteiger partial charge in [0, 0.05) is 38.5 Å². The number of carbonyl (C=O) groups is 1. The van der Waals surface area contributed by atoms with E-state index in [4.69, 9.17) is 14.5 Å². The number of carboxylic acids is 1. The van der Waals surface area contributed by atoms with E-state index in [-0.39, 0.29) is 12.2 Å². The highest BCUT2D eigenvalue weighted by Crippen LogP contribution is 2.37. The monoisotopic (exact) mass is 497 g/mol. The highest BCUT2D eigenvalue weighted by Gasteiger charge is 2.37. The van der Waals surface area contributed by atoms with Gasteiger partial charge in [0.05, 0.1) is 12.2 Å². The first kappa shape index (κ1) is 25.1. The van der Waals surface area contributed by atoms with Crippen LogP contribution in [0.2, 0.25) is 0 Å². The van der Waals surface area contributed by atoms with E-state index in [2.05, 4.69) is 17.4 Å². The van der Waals surface area contributed by atoms with Gasteiger partial charge in [-0.2, -0.15) is 0 Å². The van der Waals surface area contributed by atoms with Crippen LogP contribution in [0.3, 0.4) is 0 Å². The second kappa shape index (κ2) is 11.7. The summed E-state index contributed by atoms with van der Waals surface area (Å²) in [5.41, 5.74) is 3.70. The number of hydrogen-bond donors (Lipinski definition) is 2. The molecule has 2 N–H and O–H groups in total. The van der Waals surface area contributed by atoms with Crippen molar-refractivity contribution in [1.29, 1.82) is 0 Å². The maximum atomic E-state index is 14.2. The third-order valence-electron chi connectivity index (χ3n) is 7.53. The second-order valence-electron chi connectivity index (χ2n) is 10.1. The molecule has 0 radical (unpaired) electrons. The quantitative estimate of drug-likeness (QED) is 0.462. The lowest BCUT2D eigenvalue weighted by molar-refractivity contribution is -0.143. The van der Waals surface area contributed by atoms with Crippen LogP contribution in [-0.4, -0.2) is 59.9 Å². The van der Waals surface area contributed by atoms with E-state index in [9.17, 15) is 14.3 Å². The molecule has 0 bridgehead atoms. The molecule has 0 saturated carbocycles. The smallest absolute Gasteiger partial charge is 0.325 e. The van der Waals surface area contributed by atoms with Crippen LogP contribution in [0.15, 0.2) is 30.3 Å². The lowest BCUT2D eigenvalue weighted by atomic mass is 9.94. The van der Waals surface area contributed by atoms with Gasteiger partial charge < -0.3 is 19.9 Å². The summed E-state index contributed by atoms with van der Waals surface area (Å²) in [6, 6.07) is 7.87. The normalized spacial score (nSPS) is 22.8. The number of pyridine rings is 1. The molecule has 1 aromatic carbocycles. The molecule has 0 aliphatic carbocycles. The number of nitrogens with zero attached hydrogens (tertiary/aromatic N) is 2. The maximum absolute atomic E-state index is 14.2. The number of ether oxygens (including phenoxy) is 2. The number of likely N-dealkylation sites (tertiary alicyclic amines) is 1. The molecule has 2 fully saturated rings. The predicted molar refractivity (Wildman–Crippen MR) is 135 cm³/mol. The second-order valence-corrected chi connectivity index (χ2v) is 10.1. The number of halogens is 1. The lowest BCUT2D eigenvalue weighted by Crippen LogP contribution is -2.34. The Balaban J connectivity index is 1.12. The van der Waals surface area contributed by atoms with Crippen LogP contribution in [0.4, 0.5) is 10.2 Å². The Kier molecular flexibility index (Phi) is 8.14. The van der Waals surface area contributed by atoms with Gasteiger partial charge in [0.2, 0.25) is 0 Å². The Hall–Kier alpha value is -2.55. The number of anilines is 1. The van der Waals surface area contributed by atoms with Gasteiger partial charge in [0.15, 0.2) is 0 Å². The molecule has 0 amide bonds. The molecular formula is C28H36FN3O4. The summed E-state index contributed by atoms with van der Waals surface area (Å²) in [6.45, 7) is 3.41. The van der Waals surface area contributed by atoms with E-state index in [0.717, 1.165) is 75.0 Å². The summed E-state index contributed by atoms with van der Waals surface area (Å²) in [4.78, 5) is 19.0. The number of aliphatic carboxylic acids is 1. The van der Waals surface area contributed by atoms with Crippen LogP contribution < -0.4 is 5.32 Å². The number of nitrogens with one attached hydrogen (secondary N) is 1. The van der Waals surface area contributed by atoms with Gasteiger partial charge in [0.25, 0.3) is 0 Å². The van der Waals surface area contributed by atoms with Crippen molar-refractivity contribution in [2.45, 2.75) is 69.6 Å². The molecule has 0 unspecified atom stereocenters. The Morgan fingerprint density at radius 1 is 1.25 bits per heavy atom. The largest absolute Gasteiger partial charge is 0.480 e. The minimum Gasteiger partial charge on any atom is -0.480 e. The predicted octanol–water partition coefficient (Wildman–Crippen LogP) is 4.67. The fourth-order valence-electron chi connectivity index (χ4n) is 5.68. The van der Waals surface area contributed by atoms with Crippen molar-refractivity contribution in [2.24, 2.45) is 0 Å². The van der Waals surface area contributed by atoms with Gasteiger partial charge in [0.1, 0.15) is 17.7 Å². The molecule has 3 aliphatic heterocycles. The highest BCUT2D eigenvalue weighted by atomic mass is 19.1. The summed E-state index contributed by atoms with van der Waals surface area (Å²) in [5.74, 6) is -0.350. The Bertz CT molecular complexity index is 1060. The van der Waals surface area contributed by atoms with E-state index in [1.165, 1.54) is 17.7 Å². The lowest BCUT2D eigenvalue weighted by Gasteiger charge is -2.28. The fraction of sp³-hybridized carbons (Fsp3) is 0.571. The topological polar surface area (TPSA) is 83.9 Å². The average molecular weight is 498 g/mol. The third kappa shape index (κ3) is 5.88. The van der Waals surface area contributed by atoms with E-state index in [0.29, 0.717) is 31.9 Å². The van der Waals surface area contributed by atoms with Crippen LogP contribution in [0.1, 0.15) is 73.1 Å². The molecular weight excluding hydrogens is 461 g/mol. The molecule has 7 nitrogen and oxygen atoms in total. The number of rotatable bonds is 10. The van der Waals surface area contributed by atoms with Crippen LogP contribution in [0, 0.1) is 5.82 Å². The SMILES string of the molecule is O=C(O)[C@@H](c1cc(F)ccc1[C@@H]1CCCO1)N1CC[C@@H](OCCCCc2ccc3c(n2)NCCC3)C1. The van der Waals surface area contributed by atoms with E-state index in [1.54, 1.807) is 6.07 Å². The minimum absolute atomic E-state index is 0.0161.